The highest BCUT2D eigenvalue weighted by Gasteiger charge is 2.43. The molecule has 26 heavy (non-hydrogen) atoms. The monoisotopic (exact) mass is 354 g/mol. The molecule has 3 heterocycles. The number of hydrogen-bond donors (Lipinski definition) is 1. The Balaban J connectivity index is 1.46. The van der Waals surface area contributed by atoms with Gasteiger partial charge in [0.1, 0.15) is 6.33 Å². The molecule has 7 heteroatoms. The van der Waals surface area contributed by atoms with Crippen LogP contribution >= 0.6 is 0 Å². The zero-order chi connectivity index (χ0) is 18.1. The summed E-state index contributed by atoms with van der Waals surface area (Å²) in [6, 6.07) is 5.91. The van der Waals surface area contributed by atoms with Crippen LogP contribution in [0, 0.1) is 0 Å². The third-order valence-electron chi connectivity index (χ3n) is 5.24. The lowest BCUT2D eigenvalue weighted by Gasteiger charge is -2.35. The number of rotatable bonds is 4. The minimum atomic E-state index is -0.0400. The molecule has 2 aliphatic rings. The zero-order valence-electron chi connectivity index (χ0n) is 14.9. The molecule has 1 aromatic heterocycles. The normalized spacial score (nSPS) is 20.5. The maximum atomic E-state index is 12.8. The number of ether oxygens (including phenoxy) is 2. The summed E-state index contributed by atoms with van der Waals surface area (Å²) in [5.41, 5.74) is 3.13. The van der Waals surface area contributed by atoms with E-state index in [9.17, 15) is 4.79 Å². The van der Waals surface area contributed by atoms with Crippen molar-refractivity contribution in [2.24, 2.45) is 0 Å². The molecule has 1 N–H and O–H groups in total. The quantitative estimate of drug-likeness (QED) is 0.913. The summed E-state index contributed by atoms with van der Waals surface area (Å²) < 4.78 is 10.6. The molecule has 1 fully saturated rings. The molecule has 0 radical (unpaired) electrons. The molecule has 0 spiro atoms. The van der Waals surface area contributed by atoms with Gasteiger partial charge in [0, 0.05) is 30.8 Å². The van der Waals surface area contributed by atoms with E-state index in [2.05, 4.69) is 15.3 Å². The Morgan fingerprint density at radius 1 is 1.27 bits per heavy atom. The number of urea groups is 1. The molecule has 2 aromatic rings. The zero-order valence-corrected chi connectivity index (χ0v) is 14.9. The Morgan fingerprint density at radius 3 is 2.92 bits per heavy atom. The van der Waals surface area contributed by atoms with Crippen LogP contribution in [0.2, 0.25) is 0 Å². The second-order valence-corrected chi connectivity index (χ2v) is 6.63. The Bertz CT molecular complexity index is 826. The van der Waals surface area contributed by atoms with Crippen LogP contribution in [0.4, 0.5) is 4.79 Å². The highest BCUT2D eigenvalue weighted by atomic mass is 16.5. The van der Waals surface area contributed by atoms with Crippen LogP contribution in [0.15, 0.2) is 30.7 Å². The minimum absolute atomic E-state index is 0.0400. The number of carbonyl (C=O) groups is 1. The molecule has 1 aromatic carbocycles. The van der Waals surface area contributed by atoms with Crippen molar-refractivity contribution in [3.8, 4) is 11.5 Å². The van der Waals surface area contributed by atoms with E-state index in [0.717, 1.165) is 36.1 Å². The topological polar surface area (TPSA) is 76.6 Å². The average Bonchev–Trinajstić information content (AvgIpc) is 3.00. The smallest absolute Gasteiger partial charge is 0.318 e. The number of aromatic nitrogens is 2. The standard InChI is InChI=1S/C19H22N4O3/c1-25-17-6-3-12(7-18(17)26-2)9-21-19(24)23-13-4-5-16(23)14-10-20-11-22-15(14)8-13/h3,6-7,10-11,13,16H,4-5,8-9H2,1-2H3,(H,21,24). The summed E-state index contributed by atoms with van der Waals surface area (Å²) >= 11 is 0. The second kappa shape index (κ2) is 6.82. The van der Waals surface area contributed by atoms with Gasteiger partial charge in [0.05, 0.1) is 26.0 Å². The predicted molar refractivity (Wildman–Crippen MR) is 95.1 cm³/mol. The van der Waals surface area contributed by atoms with Crippen molar-refractivity contribution in [3.05, 3.63) is 47.5 Å². The summed E-state index contributed by atoms with van der Waals surface area (Å²) in [5.74, 6) is 1.33. The number of benzene rings is 1. The summed E-state index contributed by atoms with van der Waals surface area (Å²) in [7, 11) is 3.21. The highest BCUT2D eigenvalue weighted by Crippen LogP contribution is 2.42. The van der Waals surface area contributed by atoms with Gasteiger partial charge in [-0.25, -0.2) is 14.8 Å². The van der Waals surface area contributed by atoms with Crippen molar-refractivity contribution in [2.45, 2.75) is 37.9 Å². The lowest BCUT2D eigenvalue weighted by Crippen LogP contribution is -2.47. The Hall–Kier alpha value is -2.83. The van der Waals surface area contributed by atoms with Gasteiger partial charge in [-0.3, -0.25) is 0 Å². The molecular weight excluding hydrogens is 332 g/mol. The van der Waals surface area contributed by atoms with Crippen LogP contribution in [-0.2, 0) is 13.0 Å². The first-order chi connectivity index (χ1) is 12.7. The number of amides is 2. The third-order valence-corrected chi connectivity index (χ3v) is 5.24. The van der Waals surface area contributed by atoms with E-state index in [-0.39, 0.29) is 18.1 Å². The van der Waals surface area contributed by atoms with Gasteiger partial charge in [0.25, 0.3) is 0 Å². The van der Waals surface area contributed by atoms with Gasteiger partial charge in [-0.2, -0.15) is 0 Å². The van der Waals surface area contributed by atoms with Crippen LogP contribution in [-0.4, -0.2) is 41.2 Å². The van der Waals surface area contributed by atoms with E-state index >= 15 is 0 Å². The van der Waals surface area contributed by atoms with Crippen molar-refractivity contribution in [1.29, 1.82) is 0 Å². The maximum Gasteiger partial charge on any atom is 0.318 e. The van der Waals surface area contributed by atoms with Gasteiger partial charge in [-0.15, -0.1) is 0 Å². The molecule has 2 aliphatic heterocycles. The van der Waals surface area contributed by atoms with Crippen LogP contribution in [0.5, 0.6) is 11.5 Å². The molecule has 2 atom stereocenters. The fourth-order valence-corrected chi connectivity index (χ4v) is 3.99. The molecule has 2 amide bonds. The van der Waals surface area contributed by atoms with Gasteiger partial charge in [0.15, 0.2) is 11.5 Å². The molecule has 0 saturated carbocycles. The van der Waals surface area contributed by atoms with Gasteiger partial charge in [-0.1, -0.05) is 6.07 Å². The molecule has 136 valence electrons. The second-order valence-electron chi connectivity index (χ2n) is 6.63. The van der Waals surface area contributed by atoms with Crippen molar-refractivity contribution in [3.63, 3.8) is 0 Å². The van der Waals surface area contributed by atoms with Gasteiger partial charge in [0.2, 0.25) is 0 Å². The van der Waals surface area contributed by atoms with E-state index in [0.29, 0.717) is 18.0 Å². The van der Waals surface area contributed by atoms with Crippen LogP contribution in [0.25, 0.3) is 0 Å². The SMILES string of the molecule is COc1ccc(CNC(=O)N2C3CCC2c2cncnc2C3)cc1OC. The third kappa shape index (κ3) is 2.83. The molecule has 2 bridgehead atoms. The van der Waals surface area contributed by atoms with Gasteiger partial charge < -0.3 is 19.7 Å². The number of nitrogens with one attached hydrogen (secondary N) is 1. The fourth-order valence-electron chi connectivity index (χ4n) is 3.99. The minimum Gasteiger partial charge on any atom is -0.493 e. The molecule has 0 aliphatic carbocycles. The molecule has 2 unspecified atom stereocenters. The van der Waals surface area contributed by atoms with Crippen LogP contribution < -0.4 is 14.8 Å². The van der Waals surface area contributed by atoms with E-state index in [1.165, 1.54) is 0 Å². The Kier molecular flexibility index (Phi) is 4.36. The predicted octanol–water partition coefficient (Wildman–Crippen LogP) is 2.47. The molecule has 7 nitrogen and oxygen atoms in total. The Morgan fingerprint density at radius 2 is 2.12 bits per heavy atom. The number of carbonyl (C=O) groups excluding carboxylic acids is 1. The fraction of sp³-hybridized carbons (Fsp3) is 0.421. The largest absolute Gasteiger partial charge is 0.493 e. The summed E-state index contributed by atoms with van der Waals surface area (Å²) in [5, 5.41) is 3.04. The molecule has 1 saturated heterocycles. The maximum absolute atomic E-state index is 12.8. The first-order valence-electron chi connectivity index (χ1n) is 8.77. The van der Waals surface area contributed by atoms with E-state index < -0.39 is 0 Å². The first kappa shape index (κ1) is 16.6. The summed E-state index contributed by atoms with van der Waals surface area (Å²) in [4.78, 5) is 23.3. The number of fused-ring (bicyclic) bond motifs is 4. The van der Waals surface area contributed by atoms with E-state index in [1.54, 1.807) is 20.5 Å². The Labute approximate surface area is 152 Å². The number of methoxy groups -OCH3 is 2. The van der Waals surface area contributed by atoms with Crippen LogP contribution in [0.3, 0.4) is 0 Å². The molecule has 4 rings (SSSR count). The number of nitrogens with zero attached hydrogens (tertiary/aromatic N) is 3. The van der Waals surface area contributed by atoms with Gasteiger partial charge >= 0.3 is 6.03 Å². The highest BCUT2D eigenvalue weighted by molar-refractivity contribution is 5.76. The van der Waals surface area contributed by atoms with Crippen molar-refractivity contribution in [1.82, 2.24) is 20.2 Å². The van der Waals surface area contributed by atoms with Crippen molar-refractivity contribution in [2.75, 3.05) is 14.2 Å². The summed E-state index contributed by atoms with van der Waals surface area (Å²) in [6.07, 6.45) is 6.21. The number of hydrogen-bond acceptors (Lipinski definition) is 5. The summed E-state index contributed by atoms with van der Waals surface area (Å²) in [6.45, 7) is 0.438. The lowest BCUT2D eigenvalue weighted by molar-refractivity contribution is 0.164. The van der Waals surface area contributed by atoms with Crippen molar-refractivity contribution < 1.29 is 14.3 Å². The first-order valence-corrected chi connectivity index (χ1v) is 8.77. The average molecular weight is 354 g/mol. The van der Waals surface area contributed by atoms with E-state index in [4.69, 9.17) is 9.47 Å². The molecular formula is C19H22N4O3. The van der Waals surface area contributed by atoms with E-state index in [1.807, 2.05) is 29.3 Å². The van der Waals surface area contributed by atoms with Gasteiger partial charge in [-0.05, 0) is 30.5 Å². The lowest BCUT2D eigenvalue weighted by atomic mass is 10.00. The van der Waals surface area contributed by atoms with Crippen LogP contribution in [0.1, 0.15) is 35.7 Å². The van der Waals surface area contributed by atoms with Crippen molar-refractivity contribution >= 4 is 6.03 Å².